The first-order valence-corrected chi connectivity index (χ1v) is 5.21. The molecule has 0 fully saturated rings. The Morgan fingerprint density at radius 1 is 1.28 bits per heavy atom. The molecule has 0 atom stereocenters. The molecule has 1 heterocycles. The molecule has 18 heavy (non-hydrogen) atoms. The molecule has 1 aromatic heterocycles. The van der Waals surface area contributed by atoms with Gasteiger partial charge in [-0.25, -0.2) is 0 Å². The third-order valence-electron chi connectivity index (χ3n) is 2.13. The van der Waals surface area contributed by atoms with Crippen LogP contribution in [-0.4, -0.2) is 34.8 Å². The molecule has 7 N–H and O–H groups in total. The van der Waals surface area contributed by atoms with Crippen molar-refractivity contribution in [1.29, 1.82) is 0 Å². The highest BCUT2D eigenvalue weighted by Crippen LogP contribution is 2.08. The van der Waals surface area contributed by atoms with Gasteiger partial charge in [-0.15, -0.1) is 0 Å². The summed E-state index contributed by atoms with van der Waals surface area (Å²) < 4.78 is 0. The number of carbonyl (C=O) groups is 2. The number of hydrogen-bond donors (Lipinski definition) is 4. The van der Waals surface area contributed by atoms with E-state index in [1.807, 2.05) is 0 Å². The monoisotopic (exact) mass is 252 g/mol. The molecule has 0 aliphatic rings. The number of rotatable bonds is 7. The summed E-state index contributed by atoms with van der Waals surface area (Å²) in [5.41, 5.74) is 14.0. The van der Waals surface area contributed by atoms with Gasteiger partial charge in [0, 0.05) is 12.7 Å². The lowest BCUT2D eigenvalue weighted by Gasteiger charge is -2.18. The van der Waals surface area contributed by atoms with Crippen LogP contribution in [0.25, 0.3) is 0 Å². The summed E-state index contributed by atoms with van der Waals surface area (Å²) in [6.45, 7) is 0.150. The maximum atomic E-state index is 10.9. The highest BCUT2D eigenvalue weighted by molar-refractivity contribution is 5.79. The van der Waals surface area contributed by atoms with Crippen molar-refractivity contribution in [2.75, 3.05) is 18.5 Å². The van der Waals surface area contributed by atoms with E-state index in [9.17, 15) is 9.59 Å². The maximum Gasteiger partial charge on any atom is 0.231 e. The number of anilines is 1. The molecular formula is C10H16N6O2. The number of aromatic nitrogens is 1. The summed E-state index contributed by atoms with van der Waals surface area (Å²) in [5, 5.41) is 0. The van der Waals surface area contributed by atoms with E-state index >= 15 is 0 Å². The number of nitrogens with two attached hydrogens (primary N) is 3. The standard InChI is InChI=1S/C10H16N6O2/c11-9(17)5-16(6-10(12)18)4-8-3-7(15-13)1-2-14-8/h1-3H,4-6,13H2,(H2,11,17)(H2,12,18)(H,14,15). The summed E-state index contributed by atoms with van der Waals surface area (Å²) in [5.74, 6) is 4.20. The largest absolute Gasteiger partial charge is 0.369 e. The van der Waals surface area contributed by atoms with Gasteiger partial charge in [0.1, 0.15) is 0 Å². The molecule has 1 aromatic rings. The van der Waals surface area contributed by atoms with Crippen molar-refractivity contribution >= 4 is 17.5 Å². The van der Waals surface area contributed by atoms with Crippen molar-refractivity contribution in [3.8, 4) is 0 Å². The topological polar surface area (TPSA) is 140 Å². The van der Waals surface area contributed by atoms with E-state index in [0.29, 0.717) is 11.4 Å². The van der Waals surface area contributed by atoms with Crippen LogP contribution in [-0.2, 0) is 16.1 Å². The number of hydrazine groups is 1. The van der Waals surface area contributed by atoms with Crippen LogP contribution in [0.4, 0.5) is 5.69 Å². The van der Waals surface area contributed by atoms with E-state index in [2.05, 4.69) is 10.4 Å². The van der Waals surface area contributed by atoms with Crippen LogP contribution < -0.4 is 22.7 Å². The molecule has 0 aliphatic heterocycles. The van der Waals surface area contributed by atoms with E-state index in [-0.39, 0.29) is 19.6 Å². The van der Waals surface area contributed by atoms with Crippen LogP contribution in [0.15, 0.2) is 18.3 Å². The zero-order valence-electron chi connectivity index (χ0n) is 9.80. The van der Waals surface area contributed by atoms with Gasteiger partial charge in [0.25, 0.3) is 0 Å². The molecule has 98 valence electrons. The third kappa shape index (κ3) is 4.76. The molecule has 0 bridgehead atoms. The average Bonchev–Trinajstić information content (AvgIpc) is 2.27. The van der Waals surface area contributed by atoms with Crippen molar-refractivity contribution in [2.24, 2.45) is 17.3 Å². The fourth-order valence-corrected chi connectivity index (χ4v) is 1.49. The average molecular weight is 252 g/mol. The molecule has 8 heteroatoms. The lowest BCUT2D eigenvalue weighted by Crippen LogP contribution is -2.39. The molecule has 0 aliphatic carbocycles. The summed E-state index contributed by atoms with van der Waals surface area (Å²) in [6.07, 6.45) is 1.57. The molecule has 0 saturated heterocycles. The van der Waals surface area contributed by atoms with Gasteiger partial charge < -0.3 is 16.9 Å². The van der Waals surface area contributed by atoms with E-state index in [1.54, 1.807) is 18.3 Å². The molecule has 2 amide bonds. The quantitative estimate of drug-likeness (QED) is 0.331. The highest BCUT2D eigenvalue weighted by Gasteiger charge is 2.12. The number of nitrogens with zero attached hydrogens (tertiary/aromatic N) is 2. The molecule has 8 nitrogen and oxygen atoms in total. The Balaban J connectivity index is 2.74. The van der Waals surface area contributed by atoms with Crippen molar-refractivity contribution in [2.45, 2.75) is 6.54 Å². The second-order valence-corrected chi connectivity index (χ2v) is 3.76. The second-order valence-electron chi connectivity index (χ2n) is 3.76. The minimum atomic E-state index is -0.538. The first-order chi connectivity index (χ1) is 8.51. The van der Waals surface area contributed by atoms with Crippen LogP contribution >= 0.6 is 0 Å². The summed E-state index contributed by atoms with van der Waals surface area (Å²) in [7, 11) is 0. The van der Waals surface area contributed by atoms with Gasteiger partial charge in [-0.3, -0.25) is 25.3 Å². The van der Waals surface area contributed by atoms with Crippen molar-refractivity contribution in [3.63, 3.8) is 0 Å². The fourth-order valence-electron chi connectivity index (χ4n) is 1.49. The minimum Gasteiger partial charge on any atom is -0.369 e. The normalized spacial score (nSPS) is 10.3. The molecule has 0 radical (unpaired) electrons. The molecule has 0 spiro atoms. The molecule has 0 aromatic carbocycles. The molecule has 1 rings (SSSR count). The van der Waals surface area contributed by atoms with E-state index < -0.39 is 11.8 Å². The van der Waals surface area contributed by atoms with Crippen LogP contribution in [0.1, 0.15) is 5.69 Å². The number of carbonyl (C=O) groups excluding carboxylic acids is 2. The number of hydrogen-bond acceptors (Lipinski definition) is 6. The summed E-state index contributed by atoms with van der Waals surface area (Å²) in [6, 6.07) is 3.39. The predicted octanol–water partition coefficient (Wildman–Crippen LogP) is -1.86. The van der Waals surface area contributed by atoms with Crippen LogP contribution in [0.3, 0.4) is 0 Å². The Kier molecular flexibility index (Phi) is 5.03. The van der Waals surface area contributed by atoms with Crippen molar-refractivity contribution < 1.29 is 9.59 Å². The van der Waals surface area contributed by atoms with Gasteiger partial charge in [-0.05, 0) is 12.1 Å². The number of nitrogens with one attached hydrogen (secondary N) is 1. The zero-order chi connectivity index (χ0) is 13.5. The maximum absolute atomic E-state index is 10.9. The molecule has 0 saturated carbocycles. The van der Waals surface area contributed by atoms with Crippen molar-refractivity contribution in [1.82, 2.24) is 9.88 Å². The molecular weight excluding hydrogens is 236 g/mol. The Bertz CT molecular complexity index is 420. The Labute approximate surface area is 104 Å². The highest BCUT2D eigenvalue weighted by atomic mass is 16.2. The Morgan fingerprint density at radius 3 is 2.39 bits per heavy atom. The van der Waals surface area contributed by atoms with Gasteiger partial charge in [-0.2, -0.15) is 0 Å². The Hall–Kier alpha value is -2.19. The number of pyridine rings is 1. The van der Waals surface area contributed by atoms with E-state index in [4.69, 9.17) is 17.3 Å². The number of primary amides is 2. The van der Waals surface area contributed by atoms with E-state index in [1.165, 1.54) is 4.90 Å². The molecule has 0 unspecified atom stereocenters. The fraction of sp³-hybridized carbons (Fsp3) is 0.300. The lowest BCUT2D eigenvalue weighted by atomic mass is 10.3. The number of amides is 2. The first-order valence-electron chi connectivity index (χ1n) is 5.21. The Morgan fingerprint density at radius 2 is 1.89 bits per heavy atom. The zero-order valence-corrected chi connectivity index (χ0v) is 9.80. The summed E-state index contributed by atoms with van der Waals surface area (Å²) >= 11 is 0. The smallest absolute Gasteiger partial charge is 0.231 e. The predicted molar refractivity (Wildman–Crippen MR) is 65.7 cm³/mol. The van der Waals surface area contributed by atoms with Crippen LogP contribution in [0.5, 0.6) is 0 Å². The lowest BCUT2D eigenvalue weighted by molar-refractivity contribution is -0.122. The van der Waals surface area contributed by atoms with E-state index in [0.717, 1.165) is 0 Å². The third-order valence-corrected chi connectivity index (χ3v) is 2.13. The van der Waals surface area contributed by atoms with Gasteiger partial charge in [0.05, 0.1) is 24.5 Å². The number of nitrogen functional groups attached to an aromatic ring is 1. The summed E-state index contributed by atoms with van der Waals surface area (Å²) in [4.78, 5) is 27.4. The van der Waals surface area contributed by atoms with Crippen molar-refractivity contribution in [3.05, 3.63) is 24.0 Å². The second kappa shape index (κ2) is 6.52. The van der Waals surface area contributed by atoms with Crippen LogP contribution in [0.2, 0.25) is 0 Å². The SMILES string of the molecule is NNc1ccnc(CN(CC(N)=O)CC(N)=O)c1. The van der Waals surface area contributed by atoms with Gasteiger partial charge in [-0.1, -0.05) is 0 Å². The van der Waals surface area contributed by atoms with Gasteiger partial charge in [0.2, 0.25) is 11.8 Å². The van der Waals surface area contributed by atoms with Crippen LogP contribution in [0, 0.1) is 0 Å². The first kappa shape index (κ1) is 13.9. The van der Waals surface area contributed by atoms with Gasteiger partial charge in [0.15, 0.2) is 0 Å². The van der Waals surface area contributed by atoms with Gasteiger partial charge >= 0.3 is 0 Å². The minimum absolute atomic E-state index is 0.0646.